The van der Waals surface area contributed by atoms with E-state index in [-0.39, 0.29) is 11.7 Å². The second-order valence-electron chi connectivity index (χ2n) is 5.84. The largest absolute Gasteiger partial charge is 0.475 e. The Morgan fingerprint density at radius 3 is 1.97 bits per heavy atom. The summed E-state index contributed by atoms with van der Waals surface area (Å²) in [5.41, 5.74) is 19.1. The fourth-order valence-corrected chi connectivity index (χ4v) is 2.01. The predicted octanol–water partition coefficient (Wildman–Crippen LogP) is 2.80. The zero-order valence-electron chi connectivity index (χ0n) is 16.5. The first kappa shape index (κ1) is 24.1. The molecule has 0 aliphatic rings. The number of nitrogen functional groups attached to an aromatic ring is 3. The number of carboxylic acid groups (broad SMARTS) is 1. The van der Waals surface area contributed by atoms with Crippen LogP contribution in [0.2, 0.25) is 0 Å². The molecule has 0 radical (unpaired) electrons. The lowest BCUT2D eigenvalue weighted by molar-refractivity contribution is -0.114. The number of carbonyl (C=O) groups excluding carboxylic acids is 1. The Morgan fingerprint density at radius 1 is 0.968 bits per heavy atom. The van der Waals surface area contributed by atoms with Crippen LogP contribution in [-0.2, 0) is 4.79 Å². The highest BCUT2D eigenvalue weighted by atomic mass is 16.4. The molecule has 1 amide bonds. The summed E-state index contributed by atoms with van der Waals surface area (Å²) in [7, 11) is 0. The van der Waals surface area contributed by atoms with Crippen molar-refractivity contribution >= 4 is 34.6 Å². The summed E-state index contributed by atoms with van der Waals surface area (Å²) in [6.07, 6.45) is 1.32. The number of carbonyl (C=O) groups is 2. The highest BCUT2D eigenvalue weighted by Crippen LogP contribution is 2.16. The van der Waals surface area contributed by atoms with E-state index in [1.807, 2.05) is 12.1 Å². The minimum Gasteiger partial charge on any atom is -0.475 e. The number of anilines is 4. The van der Waals surface area contributed by atoms with E-state index in [2.05, 4.69) is 9.73 Å². The molecule has 0 saturated heterocycles. The number of nitrogens with zero attached hydrogens (tertiary/aromatic N) is 2. The summed E-state index contributed by atoms with van der Waals surface area (Å²) < 4.78 is 4.50. The smallest absolute Gasteiger partial charge is 0.371 e. The Hall–Kier alpha value is -4.96. The van der Waals surface area contributed by atoms with Crippen LogP contribution in [0.4, 0.5) is 22.7 Å². The average Bonchev–Trinajstić information content (AvgIpc) is 3.27. The lowest BCUT2D eigenvalue weighted by atomic mass is 10.2. The van der Waals surface area contributed by atoms with Crippen molar-refractivity contribution in [1.29, 1.82) is 10.5 Å². The molecule has 3 rings (SSSR count). The Bertz CT molecular complexity index is 1130. The van der Waals surface area contributed by atoms with Crippen molar-refractivity contribution in [2.45, 2.75) is 6.92 Å². The minimum atomic E-state index is -1.03. The van der Waals surface area contributed by atoms with Gasteiger partial charge in [-0.15, -0.1) is 0 Å². The molecule has 0 bridgehead atoms. The third-order valence-electron chi connectivity index (χ3n) is 3.42. The van der Waals surface area contributed by atoms with Crippen LogP contribution >= 0.6 is 0 Å². The number of aromatic carboxylic acids is 1. The van der Waals surface area contributed by atoms with Gasteiger partial charge in [-0.25, -0.2) is 4.79 Å². The van der Waals surface area contributed by atoms with E-state index in [1.54, 1.807) is 30.3 Å². The van der Waals surface area contributed by atoms with Crippen molar-refractivity contribution in [2.24, 2.45) is 0 Å². The van der Waals surface area contributed by atoms with Gasteiger partial charge in [0.15, 0.2) is 0 Å². The Morgan fingerprint density at radius 2 is 1.55 bits per heavy atom. The topological polar surface area (TPSA) is 205 Å². The van der Waals surface area contributed by atoms with Gasteiger partial charge in [-0.05, 0) is 48.5 Å². The lowest BCUT2D eigenvalue weighted by Crippen LogP contribution is -2.06. The van der Waals surface area contributed by atoms with Crippen LogP contribution in [0.1, 0.15) is 28.6 Å². The molecule has 158 valence electrons. The van der Waals surface area contributed by atoms with Crippen LogP contribution in [0.3, 0.4) is 0 Å². The van der Waals surface area contributed by atoms with Crippen LogP contribution in [0.5, 0.6) is 0 Å². The number of nitrogens with one attached hydrogen (secondary N) is 1. The summed E-state index contributed by atoms with van der Waals surface area (Å²) in [5.74, 6) is -1.23. The summed E-state index contributed by atoms with van der Waals surface area (Å²) >= 11 is 0. The van der Waals surface area contributed by atoms with Crippen LogP contribution in [0.15, 0.2) is 59.2 Å². The van der Waals surface area contributed by atoms with Gasteiger partial charge in [0.1, 0.15) is 12.1 Å². The molecule has 0 unspecified atom stereocenters. The Kier molecular flexibility index (Phi) is 9.15. The number of hydrogen-bond donors (Lipinski definition) is 5. The van der Waals surface area contributed by atoms with Gasteiger partial charge in [0.25, 0.3) is 0 Å². The monoisotopic (exact) mass is 420 g/mol. The summed E-state index contributed by atoms with van der Waals surface area (Å²) in [6.45, 7) is 1.41. The van der Waals surface area contributed by atoms with Gasteiger partial charge in [0.2, 0.25) is 11.7 Å². The van der Waals surface area contributed by atoms with Crippen molar-refractivity contribution in [2.75, 3.05) is 22.5 Å². The highest BCUT2D eigenvalue weighted by molar-refractivity contribution is 5.89. The number of nitrogens with two attached hydrogens (primary N) is 3. The number of furan rings is 1. The average molecular weight is 420 g/mol. The van der Waals surface area contributed by atoms with Crippen molar-refractivity contribution in [1.82, 2.24) is 0 Å². The quantitative estimate of drug-likeness (QED) is 0.386. The van der Waals surface area contributed by atoms with Crippen LogP contribution in [0, 0.1) is 22.7 Å². The maximum atomic E-state index is 10.7. The first-order chi connectivity index (χ1) is 14.7. The van der Waals surface area contributed by atoms with Gasteiger partial charge in [-0.1, -0.05) is 0 Å². The first-order valence-corrected chi connectivity index (χ1v) is 8.57. The Balaban J connectivity index is 0.000000240. The number of hydrogen-bond acceptors (Lipinski definition) is 8. The van der Waals surface area contributed by atoms with Crippen molar-refractivity contribution in [3.8, 4) is 12.1 Å². The lowest BCUT2D eigenvalue weighted by Gasteiger charge is -2.03. The van der Waals surface area contributed by atoms with Gasteiger partial charge < -0.3 is 32.0 Å². The van der Waals surface area contributed by atoms with E-state index in [0.29, 0.717) is 33.9 Å². The Labute approximate surface area is 178 Å². The highest BCUT2D eigenvalue weighted by Gasteiger charge is 2.02. The molecule has 8 N–H and O–H groups in total. The van der Waals surface area contributed by atoms with E-state index in [9.17, 15) is 9.59 Å². The van der Waals surface area contributed by atoms with E-state index >= 15 is 0 Å². The summed E-state index contributed by atoms with van der Waals surface area (Å²) in [6, 6.07) is 16.4. The normalized spacial score (nSPS) is 8.87. The van der Waals surface area contributed by atoms with E-state index < -0.39 is 5.97 Å². The zero-order chi connectivity index (χ0) is 23.4. The second-order valence-corrected chi connectivity index (χ2v) is 5.84. The van der Waals surface area contributed by atoms with Gasteiger partial charge in [-0.2, -0.15) is 10.5 Å². The molecular weight excluding hydrogens is 400 g/mol. The van der Waals surface area contributed by atoms with Crippen molar-refractivity contribution in [3.05, 3.63) is 71.7 Å². The molecule has 3 aromatic rings. The fraction of sp³-hybridized carbons (Fsp3) is 0.0476. The molecule has 31 heavy (non-hydrogen) atoms. The number of benzene rings is 2. The van der Waals surface area contributed by atoms with Crippen LogP contribution in [-0.4, -0.2) is 17.0 Å². The fourth-order valence-electron chi connectivity index (χ4n) is 2.01. The van der Waals surface area contributed by atoms with Gasteiger partial charge in [0, 0.05) is 29.7 Å². The molecule has 1 heterocycles. The molecule has 10 nitrogen and oxygen atoms in total. The molecule has 0 fully saturated rings. The van der Waals surface area contributed by atoms with Gasteiger partial charge in [-0.3, -0.25) is 4.79 Å². The maximum absolute atomic E-state index is 10.7. The number of nitriles is 2. The van der Waals surface area contributed by atoms with Crippen molar-refractivity contribution < 1.29 is 19.1 Å². The standard InChI is InChI=1S/C9H9N3O.C7H7N3.C5H4O3/c1-6(13)12-8-2-3-9(11)7(4-8)5-10;8-4-5-3-6(9)1-2-7(5)10;6-5(7)4-2-1-3-8-4/h2-4H,11H2,1H3,(H,12,13);1-3H,9-10H2;1-3H,(H,6,7). The molecular formula is C21H20N6O4. The molecule has 2 aromatic carbocycles. The maximum Gasteiger partial charge on any atom is 0.371 e. The van der Waals surface area contributed by atoms with E-state index in [0.717, 1.165) is 0 Å². The number of carboxylic acids is 1. The van der Waals surface area contributed by atoms with Crippen molar-refractivity contribution in [3.63, 3.8) is 0 Å². The predicted molar refractivity (Wildman–Crippen MR) is 116 cm³/mol. The van der Waals surface area contributed by atoms with Crippen LogP contribution in [0.25, 0.3) is 0 Å². The number of rotatable bonds is 2. The zero-order valence-corrected chi connectivity index (χ0v) is 16.5. The van der Waals surface area contributed by atoms with E-state index in [4.69, 9.17) is 32.8 Å². The van der Waals surface area contributed by atoms with Crippen LogP contribution < -0.4 is 22.5 Å². The molecule has 0 saturated carbocycles. The first-order valence-electron chi connectivity index (χ1n) is 8.57. The number of amides is 1. The van der Waals surface area contributed by atoms with Gasteiger partial charge in [0.05, 0.1) is 17.4 Å². The SMILES string of the molecule is CC(=O)Nc1ccc(N)c(C#N)c1.N#Cc1cc(N)ccc1N.O=C(O)c1ccco1. The third kappa shape index (κ3) is 8.29. The molecule has 0 aliphatic heterocycles. The second kappa shape index (κ2) is 11.8. The minimum absolute atomic E-state index is 0.0231. The third-order valence-corrected chi connectivity index (χ3v) is 3.42. The van der Waals surface area contributed by atoms with Gasteiger partial charge >= 0.3 is 5.97 Å². The summed E-state index contributed by atoms with van der Waals surface area (Å²) in [4.78, 5) is 20.6. The van der Waals surface area contributed by atoms with E-state index in [1.165, 1.54) is 31.4 Å². The summed E-state index contributed by atoms with van der Waals surface area (Å²) in [5, 5.41) is 27.8. The molecule has 10 heteroatoms. The molecule has 0 atom stereocenters. The molecule has 0 aliphatic carbocycles. The molecule has 0 spiro atoms. The molecule has 1 aromatic heterocycles.